The first-order chi connectivity index (χ1) is 11.8. The minimum Gasteiger partial charge on any atom is -0.445 e. The molecule has 6 heteroatoms. The van der Waals surface area contributed by atoms with Crippen LogP contribution in [0.1, 0.15) is 32.8 Å². The Kier molecular flexibility index (Phi) is 4.88. The summed E-state index contributed by atoms with van der Waals surface area (Å²) in [5.41, 5.74) is 0.453. The minimum atomic E-state index is -0.512. The molecule has 2 aliphatic rings. The molecule has 0 aromatic heterocycles. The summed E-state index contributed by atoms with van der Waals surface area (Å²) >= 11 is 0. The van der Waals surface area contributed by atoms with Crippen LogP contribution in [0.2, 0.25) is 0 Å². The summed E-state index contributed by atoms with van der Waals surface area (Å²) in [6.07, 6.45) is 0.276. The molecule has 0 bridgehead atoms. The van der Waals surface area contributed by atoms with Crippen molar-refractivity contribution in [3.05, 3.63) is 35.9 Å². The summed E-state index contributed by atoms with van der Waals surface area (Å²) in [4.78, 5) is 28.0. The van der Waals surface area contributed by atoms with E-state index in [4.69, 9.17) is 9.47 Å². The maximum atomic E-state index is 12.3. The van der Waals surface area contributed by atoms with Crippen molar-refractivity contribution in [1.82, 2.24) is 9.80 Å². The van der Waals surface area contributed by atoms with Crippen LogP contribution in [0.5, 0.6) is 0 Å². The second kappa shape index (κ2) is 6.94. The maximum absolute atomic E-state index is 12.3. The molecule has 0 spiro atoms. The van der Waals surface area contributed by atoms with Gasteiger partial charge in [-0.1, -0.05) is 30.3 Å². The molecule has 3 rings (SSSR count). The molecule has 2 heterocycles. The molecule has 0 aliphatic carbocycles. The Hall–Kier alpha value is -2.24. The highest BCUT2D eigenvalue weighted by molar-refractivity contribution is 5.71. The second-order valence-corrected chi connectivity index (χ2v) is 7.74. The Morgan fingerprint density at radius 3 is 2.52 bits per heavy atom. The number of likely N-dealkylation sites (tertiary alicyclic amines) is 2. The number of hydrogen-bond acceptors (Lipinski definition) is 4. The molecule has 2 fully saturated rings. The van der Waals surface area contributed by atoms with Crippen LogP contribution in [0.25, 0.3) is 0 Å². The number of fused-ring (bicyclic) bond motifs is 1. The van der Waals surface area contributed by atoms with Gasteiger partial charge in [-0.15, -0.1) is 0 Å². The predicted molar refractivity (Wildman–Crippen MR) is 93.0 cm³/mol. The van der Waals surface area contributed by atoms with Gasteiger partial charge in [0.15, 0.2) is 0 Å². The van der Waals surface area contributed by atoms with E-state index < -0.39 is 5.60 Å². The molecule has 1 aromatic rings. The van der Waals surface area contributed by atoms with E-state index in [-0.39, 0.29) is 24.8 Å². The number of nitrogens with zero attached hydrogens (tertiary/aromatic N) is 2. The summed E-state index contributed by atoms with van der Waals surface area (Å²) in [5, 5.41) is 0. The number of carbonyl (C=O) groups excluding carboxylic acids is 2. The van der Waals surface area contributed by atoms with Crippen LogP contribution < -0.4 is 0 Å². The van der Waals surface area contributed by atoms with Gasteiger partial charge < -0.3 is 19.3 Å². The molecule has 1 aromatic carbocycles. The van der Waals surface area contributed by atoms with Crippen molar-refractivity contribution in [1.29, 1.82) is 0 Å². The minimum absolute atomic E-state index is 0.0320. The lowest BCUT2D eigenvalue weighted by Gasteiger charge is -2.52. The lowest BCUT2D eigenvalue weighted by atomic mass is 9.83. The molecular weight excluding hydrogens is 320 g/mol. The lowest BCUT2D eigenvalue weighted by Crippen LogP contribution is -2.66. The molecule has 0 N–H and O–H groups in total. The van der Waals surface area contributed by atoms with Crippen molar-refractivity contribution in [3.8, 4) is 0 Å². The SMILES string of the molecule is CC(C)(C)OC(=O)N1CCC2CN(C(=O)OCc3ccccc3)C2C1. The fraction of sp³-hybridized carbons (Fsp3) is 0.579. The first kappa shape index (κ1) is 17.6. The summed E-state index contributed by atoms with van der Waals surface area (Å²) < 4.78 is 10.8. The van der Waals surface area contributed by atoms with Gasteiger partial charge in [-0.25, -0.2) is 9.59 Å². The first-order valence-electron chi connectivity index (χ1n) is 8.79. The summed E-state index contributed by atoms with van der Waals surface area (Å²) in [6.45, 7) is 7.74. The molecule has 136 valence electrons. The molecule has 2 atom stereocenters. The van der Waals surface area contributed by atoms with E-state index >= 15 is 0 Å². The van der Waals surface area contributed by atoms with Gasteiger partial charge in [-0.3, -0.25) is 0 Å². The number of benzene rings is 1. The van der Waals surface area contributed by atoms with Gasteiger partial charge in [-0.05, 0) is 32.8 Å². The molecule has 0 saturated carbocycles. The van der Waals surface area contributed by atoms with E-state index in [1.807, 2.05) is 51.1 Å². The third kappa shape index (κ3) is 4.24. The highest BCUT2D eigenvalue weighted by Crippen LogP contribution is 2.33. The Balaban J connectivity index is 1.52. The normalized spacial score (nSPS) is 22.7. The van der Waals surface area contributed by atoms with Gasteiger partial charge in [0.25, 0.3) is 0 Å². The summed E-state index contributed by atoms with van der Waals surface area (Å²) in [7, 11) is 0. The lowest BCUT2D eigenvalue weighted by molar-refractivity contribution is -0.0477. The number of hydrogen-bond donors (Lipinski definition) is 0. The van der Waals surface area contributed by atoms with Gasteiger partial charge in [0, 0.05) is 25.6 Å². The van der Waals surface area contributed by atoms with Crippen molar-refractivity contribution in [2.75, 3.05) is 19.6 Å². The zero-order valence-electron chi connectivity index (χ0n) is 15.1. The van der Waals surface area contributed by atoms with E-state index in [9.17, 15) is 9.59 Å². The molecule has 2 unspecified atom stereocenters. The standard InChI is InChI=1S/C19H26N2O4/c1-19(2,3)25-17(22)20-10-9-15-11-21(16(15)12-20)18(23)24-13-14-7-5-4-6-8-14/h4-8,15-16H,9-13H2,1-3H3. The van der Waals surface area contributed by atoms with Crippen LogP contribution in [0, 0.1) is 5.92 Å². The highest BCUT2D eigenvalue weighted by atomic mass is 16.6. The van der Waals surface area contributed by atoms with E-state index in [0.29, 0.717) is 25.6 Å². The van der Waals surface area contributed by atoms with Crippen LogP contribution in [0.4, 0.5) is 9.59 Å². The molecule has 2 amide bonds. The highest BCUT2D eigenvalue weighted by Gasteiger charge is 2.47. The van der Waals surface area contributed by atoms with E-state index in [0.717, 1.165) is 12.0 Å². The summed E-state index contributed by atoms with van der Waals surface area (Å²) in [6, 6.07) is 9.66. The monoisotopic (exact) mass is 346 g/mol. The maximum Gasteiger partial charge on any atom is 0.410 e. The van der Waals surface area contributed by atoms with Crippen LogP contribution in [-0.4, -0.2) is 53.3 Å². The zero-order chi connectivity index (χ0) is 18.0. The molecule has 0 radical (unpaired) electrons. The number of ether oxygens (including phenoxy) is 2. The van der Waals surface area contributed by atoms with Crippen LogP contribution in [-0.2, 0) is 16.1 Å². The number of amides is 2. The molecular formula is C19H26N2O4. The van der Waals surface area contributed by atoms with Crippen molar-refractivity contribution in [2.45, 2.75) is 45.4 Å². The number of carbonyl (C=O) groups is 2. The van der Waals surface area contributed by atoms with Gasteiger partial charge in [-0.2, -0.15) is 0 Å². The van der Waals surface area contributed by atoms with Crippen LogP contribution >= 0.6 is 0 Å². The Labute approximate surface area is 148 Å². The molecule has 2 aliphatic heterocycles. The Morgan fingerprint density at radius 2 is 1.84 bits per heavy atom. The summed E-state index contributed by atoms with van der Waals surface area (Å²) in [5.74, 6) is 0.447. The molecule has 2 saturated heterocycles. The fourth-order valence-electron chi connectivity index (χ4n) is 3.30. The quantitative estimate of drug-likeness (QED) is 0.825. The number of rotatable bonds is 2. The Morgan fingerprint density at radius 1 is 1.12 bits per heavy atom. The smallest absolute Gasteiger partial charge is 0.410 e. The molecule has 25 heavy (non-hydrogen) atoms. The van der Waals surface area contributed by atoms with E-state index in [2.05, 4.69) is 0 Å². The van der Waals surface area contributed by atoms with E-state index in [1.54, 1.807) is 9.80 Å². The first-order valence-corrected chi connectivity index (χ1v) is 8.79. The van der Waals surface area contributed by atoms with E-state index in [1.165, 1.54) is 0 Å². The predicted octanol–water partition coefficient (Wildman–Crippen LogP) is 3.26. The van der Waals surface area contributed by atoms with Gasteiger partial charge in [0.1, 0.15) is 12.2 Å². The van der Waals surface area contributed by atoms with Crippen LogP contribution in [0.3, 0.4) is 0 Å². The van der Waals surface area contributed by atoms with Crippen molar-refractivity contribution in [2.24, 2.45) is 5.92 Å². The van der Waals surface area contributed by atoms with Crippen molar-refractivity contribution < 1.29 is 19.1 Å². The van der Waals surface area contributed by atoms with Crippen molar-refractivity contribution >= 4 is 12.2 Å². The average molecular weight is 346 g/mol. The van der Waals surface area contributed by atoms with Gasteiger partial charge in [0.2, 0.25) is 0 Å². The van der Waals surface area contributed by atoms with Crippen molar-refractivity contribution in [3.63, 3.8) is 0 Å². The fourth-order valence-corrected chi connectivity index (χ4v) is 3.30. The zero-order valence-corrected chi connectivity index (χ0v) is 15.1. The third-order valence-electron chi connectivity index (χ3n) is 4.64. The topological polar surface area (TPSA) is 59.1 Å². The number of piperidine rings is 1. The van der Waals surface area contributed by atoms with Gasteiger partial charge in [0.05, 0.1) is 6.04 Å². The largest absolute Gasteiger partial charge is 0.445 e. The average Bonchev–Trinajstić information content (AvgIpc) is 2.53. The Bertz CT molecular complexity index is 626. The van der Waals surface area contributed by atoms with Gasteiger partial charge >= 0.3 is 12.2 Å². The third-order valence-corrected chi connectivity index (χ3v) is 4.64. The second-order valence-electron chi connectivity index (χ2n) is 7.74. The molecule has 6 nitrogen and oxygen atoms in total. The van der Waals surface area contributed by atoms with Crippen LogP contribution in [0.15, 0.2) is 30.3 Å².